The molecule has 2 aromatic heterocycles. The van der Waals surface area contributed by atoms with Gasteiger partial charge >= 0.3 is 6.18 Å². The molecule has 0 aliphatic carbocycles. The highest BCUT2D eigenvalue weighted by Gasteiger charge is 2.30. The van der Waals surface area contributed by atoms with Crippen molar-refractivity contribution >= 4 is 51.8 Å². The number of rotatable bonds is 5. The number of ether oxygens (including phenoxy) is 1. The molecule has 0 amide bonds. The third kappa shape index (κ3) is 5.14. The van der Waals surface area contributed by atoms with E-state index in [9.17, 15) is 13.2 Å². The molecule has 35 heavy (non-hydrogen) atoms. The minimum Gasteiger partial charge on any atom is -0.378 e. The molecule has 1 aliphatic heterocycles. The van der Waals surface area contributed by atoms with E-state index < -0.39 is 11.7 Å². The first kappa shape index (κ1) is 23.7. The zero-order valence-electron chi connectivity index (χ0n) is 18.2. The van der Waals surface area contributed by atoms with Crippen LogP contribution in [0.15, 0.2) is 42.5 Å². The van der Waals surface area contributed by atoms with E-state index in [1.807, 2.05) is 4.90 Å². The first-order chi connectivity index (χ1) is 16.8. The number of nitrogens with one attached hydrogen (secondary N) is 2. The van der Waals surface area contributed by atoms with Gasteiger partial charge in [0.05, 0.1) is 18.8 Å². The van der Waals surface area contributed by atoms with Gasteiger partial charge in [-0.3, -0.25) is 0 Å². The van der Waals surface area contributed by atoms with Gasteiger partial charge in [-0.05, 0) is 42.0 Å². The number of anilines is 3. The number of benzene rings is 2. The number of morpholine rings is 1. The van der Waals surface area contributed by atoms with Crippen LogP contribution in [0.1, 0.15) is 17.0 Å². The number of nitrogens with zero attached hydrogens (tertiary/aromatic N) is 4. The van der Waals surface area contributed by atoms with Gasteiger partial charge in [0.15, 0.2) is 11.5 Å². The average Bonchev–Trinajstić information content (AvgIpc) is 3.25. The summed E-state index contributed by atoms with van der Waals surface area (Å²) in [5, 5.41) is 4.14. The number of alkyl halides is 3. The van der Waals surface area contributed by atoms with Crippen LogP contribution in [0, 0.1) is 0 Å². The summed E-state index contributed by atoms with van der Waals surface area (Å²) >= 11 is 12.6. The van der Waals surface area contributed by atoms with Crippen LogP contribution >= 0.6 is 23.2 Å². The van der Waals surface area contributed by atoms with Crippen molar-refractivity contribution in [3.8, 4) is 0 Å². The highest BCUT2D eigenvalue weighted by atomic mass is 35.5. The molecule has 0 radical (unpaired) electrons. The van der Waals surface area contributed by atoms with Crippen molar-refractivity contribution in [1.82, 2.24) is 19.9 Å². The Balaban J connectivity index is 1.53. The van der Waals surface area contributed by atoms with Crippen LogP contribution in [0.2, 0.25) is 10.0 Å². The van der Waals surface area contributed by atoms with Crippen molar-refractivity contribution < 1.29 is 17.9 Å². The summed E-state index contributed by atoms with van der Waals surface area (Å²) in [4.78, 5) is 19.1. The minimum atomic E-state index is -4.41. The van der Waals surface area contributed by atoms with Gasteiger partial charge < -0.3 is 19.9 Å². The lowest BCUT2D eigenvalue weighted by Crippen LogP contribution is -2.37. The maximum absolute atomic E-state index is 13.0. The van der Waals surface area contributed by atoms with E-state index >= 15 is 0 Å². The van der Waals surface area contributed by atoms with Crippen LogP contribution in [0.25, 0.3) is 11.2 Å². The lowest BCUT2D eigenvalue weighted by Gasteiger charge is -2.27. The molecule has 7 nitrogen and oxygen atoms in total. The Hall–Kier alpha value is -3.08. The van der Waals surface area contributed by atoms with E-state index in [1.165, 1.54) is 12.1 Å². The second-order valence-electron chi connectivity index (χ2n) is 7.93. The van der Waals surface area contributed by atoms with Gasteiger partial charge in [0.25, 0.3) is 0 Å². The number of H-pyrrole nitrogens is 1. The smallest absolute Gasteiger partial charge is 0.378 e. The second-order valence-corrected chi connectivity index (χ2v) is 8.75. The predicted molar refractivity (Wildman–Crippen MR) is 129 cm³/mol. The van der Waals surface area contributed by atoms with Crippen molar-refractivity contribution in [1.29, 1.82) is 0 Å². The number of aromatic amines is 1. The Bertz CT molecular complexity index is 1330. The van der Waals surface area contributed by atoms with E-state index in [2.05, 4.69) is 25.3 Å². The number of aromatic nitrogens is 4. The molecular weight excluding hydrogens is 504 g/mol. The number of halogens is 5. The van der Waals surface area contributed by atoms with Crippen LogP contribution in [-0.2, 0) is 17.3 Å². The lowest BCUT2D eigenvalue weighted by molar-refractivity contribution is -0.137. The predicted octanol–water partition coefficient (Wildman–Crippen LogP) is 5.85. The molecule has 12 heteroatoms. The van der Waals surface area contributed by atoms with Crippen molar-refractivity contribution in [2.24, 2.45) is 0 Å². The monoisotopic (exact) mass is 522 g/mol. The van der Waals surface area contributed by atoms with E-state index in [1.54, 1.807) is 18.2 Å². The Morgan fingerprint density at radius 1 is 0.971 bits per heavy atom. The Morgan fingerprint density at radius 2 is 1.66 bits per heavy atom. The maximum atomic E-state index is 13.0. The molecule has 0 atom stereocenters. The van der Waals surface area contributed by atoms with Crippen LogP contribution in [0.5, 0.6) is 0 Å². The zero-order valence-corrected chi connectivity index (χ0v) is 19.7. The van der Waals surface area contributed by atoms with Gasteiger partial charge in [-0.15, -0.1) is 0 Å². The molecule has 3 heterocycles. The molecule has 2 N–H and O–H groups in total. The molecule has 5 rings (SSSR count). The van der Waals surface area contributed by atoms with Crippen molar-refractivity contribution in [3.63, 3.8) is 0 Å². The average molecular weight is 523 g/mol. The topological polar surface area (TPSA) is 79.0 Å². The van der Waals surface area contributed by atoms with E-state index in [0.29, 0.717) is 82.8 Å². The van der Waals surface area contributed by atoms with Crippen molar-refractivity contribution in [2.75, 3.05) is 36.5 Å². The molecule has 0 unspecified atom stereocenters. The second kappa shape index (κ2) is 9.52. The SMILES string of the molecule is FC(F)(F)c1ccc(Nc2nc(N3CCOCC3)nc3nc(Cc4c(Cl)cccc4Cl)[nH]c23)cc1. The minimum absolute atomic E-state index is 0.335. The van der Waals surface area contributed by atoms with Crippen LogP contribution < -0.4 is 10.2 Å². The fourth-order valence-corrected chi connectivity index (χ4v) is 4.29. The Labute approximate surface area is 208 Å². The summed E-state index contributed by atoms with van der Waals surface area (Å²) in [5.41, 5.74) is 1.35. The third-order valence-electron chi connectivity index (χ3n) is 5.56. The number of fused-ring (bicyclic) bond motifs is 1. The first-order valence-corrected chi connectivity index (χ1v) is 11.5. The fraction of sp³-hybridized carbons (Fsp3) is 0.261. The fourth-order valence-electron chi connectivity index (χ4n) is 3.76. The van der Waals surface area contributed by atoms with Gasteiger partial charge in [-0.25, -0.2) is 4.98 Å². The van der Waals surface area contributed by atoms with Gasteiger partial charge in [-0.1, -0.05) is 29.3 Å². The maximum Gasteiger partial charge on any atom is 0.416 e. The number of hydrogen-bond donors (Lipinski definition) is 2. The van der Waals surface area contributed by atoms with Crippen LogP contribution in [0.4, 0.5) is 30.6 Å². The Kier molecular flexibility index (Phi) is 6.43. The van der Waals surface area contributed by atoms with Crippen molar-refractivity contribution in [2.45, 2.75) is 12.6 Å². The summed E-state index contributed by atoms with van der Waals surface area (Å²) < 4.78 is 44.3. The number of imidazole rings is 1. The quantitative estimate of drug-likeness (QED) is 0.342. The van der Waals surface area contributed by atoms with Crippen molar-refractivity contribution in [3.05, 3.63) is 69.5 Å². The third-order valence-corrected chi connectivity index (χ3v) is 6.27. The highest BCUT2D eigenvalue weighted by Crippen LogP contribution is 2.32. The van der Waals surface area contributed by atoms with Gasteiger partial charge in [0.1, 0.15) is 11.3 Å². The summed E-state index contributed by atoms with van der Waals surface area (Å²) in [6, 6.07) is 10.00. The molecule has 4 aromatic rings. The van der Waals surface area contributed by atoms with Crippen LogP contribution in [0.3, 0.4) is 0 Å². The highest BCUT2D eigenvalue weighted by molar-refractivity contribution is 6.36. The molecular formula is C23H19Cl2F3N6O. The van der Waals surface area contributed by atoms with E-state index in [4.69, 9.17) is 27.9 Å². The number of hydrogen-bond acceptors (Lipinski definition) is 6. The van der Waals surface area contributed by atoms with Gasteiger partial charge in [0, 0.05) is 35.2 Å². The molecule has 1 saturated heterocycles. The summed E-state index contributed by atoms with van der Waals surface area (Å²) in [7, 11) is 0. The van der Waals surface area contributed by atoms with Crippen LogP contribution in [-0.4, -0.2) is 46.2 Å². The molecule has 0 bridgehead atoms. The lowest BCUT2D eigenvalue weighted by atomic mass is 10.1. The first-order valence-electron chi connectivity index (χ1n) is 10.7. The molecule has 0 saturated carbocycles. The Morgan fingerprint density at radius 3 is 2.31 bits per heavy atom. The molecule has 2 aromatic carbocycles. The largest absolute Gasteiger partial charge is 0.416 e. The zero-order chi connectivity index (χ0) is 24.6. The standard InChI is InChI=1S/C23H19Cl2F3N6O/c24-16-2-1-3-17(25)15(16)12-18-30-19-20(29-14-6-4-13(5-7-14)23(26,27)28)32-22(33-21(19)31-18)34-8-10-35-11-9-34/h1-7H,8-12H2,(H2,29,30,31,32,33). The molecule has 0 spiro atoms. The van der Waals surface area contributed by atoms with E-state index in [-0.39, 0.29) is 0 Å². The molecule has 1 aliphatic rings. The van der Waals surface area contributed by atoms with Gasteiger partial charge in [0.2, 0.25) is 5.95 Å². The summed E-state index contributed by atoms with van der Waals surface area (Å²) in [6.45, 7) is 2.30. The molecule has 182 valence electrons. The summed E-state index contributed by atoms with van der Waals surface area (Å²) in [5.74, 6) is 1.41. The van der Waals surface area contributed by atoms with Gasteiger partial charge in [-0.2, -0.15) is 23.1 Å². The van der Waals surface area contributed by atoms with E-state index in [0.717, 1.165) is 12.1 Å². The molecule has 1 fully saturated rings. The normalized spacial score (nSPS) is 14.5. The summed E-state index contributed by atoms with van der Waals surface area (Å²) in [6.07, 6.45) is -4.08.